The second-order valence-electron chi connectivity index (χ2n) is 3.32. The molecule has 0 aliphatic heterocycles. The third-order valence-electron chi connectivity index (χ3n) is 1.82. The van der Waals surface area contributed by atoms with Crippen LogP contribution in [0.2, 0.25) is 0 Å². The van der Waals surface area contributed by atoms with E-state index in [0.29, 0.717) is 0 Å². The number of hydrogen-bond acceptors (Lipinski definition) is 7. The average Bonchev–Trinajstić information content (AvgIpc) is 2.35. The van der Waals surface area contributed by atoms with E-state index in [1.54, 1.807) is 6.92 Å². The van der Waals surface area contributed by atoms with Crippen molar-refractivity contribution in [1.29, 1.82) is 0 Å². The summed E-state index contributed by atoms with van der Waals surface area (Å²) in [4.78, 5) is 9.51. The van der Waals surface area contributed by atoms with E-state index in [4.69, 9.17) is 35.7 Å². The maximum atomic E-state index is 9.51. The maximum absolute atomic E-state index is 9.51. The Labute approximate surface area is 104 Å². The van der Waals surface area contributed by atoms with Crippen LogP contribution < -0.4 is 0 Å². The van der Waals surface area contributed by atoms with Gasteiger partial charge in [0.25, 0.3) is 0 Å². The fourth-order valence-corrected chi connectivity index (χ4v) is 0.814. The van der Waals surface area contributed by atoms with Crippen LogP contribution in [0.3, 0.4) is 0 Å². The Morgan fingerprint density at radius 1 is 1.00 bits per heavy atom. The van der Waals surface area contributed by atoms with E-state index in [1.165, 1.54) is 6.08 Å². The van der Waals surface area contributed by atoms with Gasteiger partial charge in [-0.25, -0.2) is 4.79 Å². The molecule has 0 aromatic rings. The second-order valence-corrected chi connectivity index (χ2v) is 3.32. The lowest BCUT2D eigenvalue weighted by molar-refractivity contribution is -0.131. The molecule has 18 heavy (non-hydrogen) atoms. The number of carboxylic acid groups (broad SMARTS) is 1. The normalized spacial score (nSPS) is 17.5. The van der Waals surface area contributed by atoms with Gasteiger partial charge in [-0.3, -0.25) is 0 Å². The maximum Gasteiger partial charge on any atom is 0.327 e. The molecule has 4 atom stereocenters. The average molecular weight is 268 g/mol. The van der Waals surface area contributed by atoms with Gasteiger partial charge >= 0.3 is 5.97 Å². The van der Waals surface area contributed by atoms with Crippen molar-refractivity contribution in [2.45, 2.75) is 31.3 Å². The molecule has 7 N–H and O–H groups in total. The first-order chi connectivity index (χ1) is 8.31. The van der Waals surface area contributed by atoms with Gasteiger partial charge in [0.15, 0.2) is 0 Å². The van der Waals surface area contributed by atoms with E-state index >= 15 is 0 Å². The minimum atomic E-state index is -1.67. The molecular formula is C10H20O8. The predicted octanol–water partition coefficient (Wildman–Crippen LogP) is -2.94. The van der Waals surface area contributed by atoms with E-state index < -0.39 is 43.6 Å². The molecule has 0 aliphatic rings. The number of allylic oxidation sites excluding steroid dienone is 1. The Morgan fingerprint density at radius 2 is 1.33 bits per heavy atom. The number of rotatable bonds is 6. The van der Waals surface area contributed by atoms with Crippen molar-refractivity contribution in [1.82, 2.24) is 0 Å². The molecule has 8 nitrogen and oxygen atoms in total. The Morgan fingerprint density at radius 3 is 1.44 bits per heavy atom. The number of hydrogen-bond donors (Lipinski definition) is 7. The zero-order valence-electron chi connectivity index (χ0n) is 9.92. The fraction of sp³-hybridized carbons (Fsp3) is 0.700. The molecule has 0 amide bonds. The highest BCUT2D eigenvalue weighted by Crippen LogP contribution is 2.03. The summed E-state index contributed by atoms with van der Waals surface area (Å²) in [5.74, 6) is -0.891. The number of carboxylic acids is 1. The van der Waals surface area contributed by atoms with E-state index in [-0.39, 0.29) is 0 Å². The lowest BCUT2D eigenvalue weighted by atomic mass is 10.0. The van der Waals surface area contributed by atoms with Gasteiger partial charge in [0.05, 0.1) is 13.2 Å². The van der Waals surface area contributed by atoms with Crippen molar-refractivity contribution in [2.24, 2.45) is 0 Å². The van der Waals surface area contributed by atoms with Crippen molar-refractivity contribution in [3.63, 3.8) is 0 Å². The van der Waals surface area contributed by atoms with Crippen LogP contribution in [0, 0.1) is 0 Å². The Hall–Kier alpha value is -1.03. The summed E-state index contributed by atoms with van der Waals surface area (Å²) in [6.07, 6.45) is -3.83. The van der Waals surface area contributed by atoms with E-state index in [2.05, 4.69) is 0 Å². The molecule has 0 aromatic carbocycles. The quantitative estimate of drug-likeness (QED) is 0.252. The Bertz CT molecular complexity index is 228. The van der Waals surface area contributed by atoms with Gasteiger partial charge < -0.3 is 35.7 Å². The van der Waals surface area contributed by atoms with Crippen molar-refractivity contribution in [3.8, 4) is 0 Å². The van der Waals surface area contributed by atoms with Gasteiger partial charge in [-0.1, -0.05) is 6.08 Å². The summed E-state index contributed by atoms with van der Waals surface area (Å²) in [6.45, 7) is 0.209. The third kappa shape index (κ3) is 9.05. The molecule has 0 aromatic heterocycles. The smallest absolute Gasteiger partial charge is 0.327 e. The summed E-state index contributed by atoms with van der Waals surface area (Å²) in [5, 5.41) is 60.0. The van der Waals surface area contributed by atoms with E-state index in [9.17, 15) is 4.79 Å². The predicted molar refractivity (Wildman–Crippen MR) is 60.6 cm³/mol. The molecular weight excluding hydrogens is 248 g/mol. The monoisotopic (exact) mass is 268 g/mol. The zero-order valence-corrected chi connectivity index (χ0v) is 9.92. The van der Waals surface area contributed by atoms with Crippen LogP contribution in [0.25, 0.3) is 0 Å². The van der Waals surface area contributed by atoms with Crippen molar-refractivity contribution >= 4 is 5.97 Å². The van der Waals surface area contributed by atoms with Crippen LogP contribution in [0.1, 0.15) is 6.92 Å². The van der Waals surface area contributed by atoms with E-state index in [0.717, 1.165) is 6.08 Å². The summed E-state index contributed by atoms with van der Waals surface area (Å²) in [6, 6.07) is 0. The first-order valence-corrected chi connectivity index (χ1v) is 5.11. The number of aliphatic hydroxyl groups excluding tert-OH is 6. The molecule has 4 unspecified atom stereocenters. The molecule has 108 valence electrons. The van der Waals surface area contributed by atoms with Gasteiger partial charge in [-0.05, 0) is 6.92 Å². The van der Waals surface area contributed by atoms with Gasteiger partial charge in [-0.2, -0.15) is 0 Å². The molecule has 0 saturated carbocycles. The molecule has 0 fully saturated rings. The molecule has 0 heterocycles. The SMILES string of the molecule is C/C=C/C(=O)O.OCC(O)C(O)C(O)C(O)CO. The van der Waals surface area contributed by atoms with Gasteiger partial charge in [-0.15, -0.1) is 0 Å². The molecule has 0 saturated heterocycles. The molecule has 0 bridgehead atoms. The number of aliphatic hydroxyl groups is 6. The first kappa shape index (κ1) is 19.3. The van der Waals surface area contributed by atoms with Crippen LogP contribution >= 0.6 is 0 Å². The largest absolute Gasteiger partial charge is 0.478 e. The topological polar surface area (TPSA) is 159 Å². The highest BCUT2D eigenvalue weighted by molar-refractivity contribution is 5.79. The number of carbonyl (C=O) groups is 1. The second kappa shape index (κ2) is 11.1. The van der Waals surface area contributed by atoms with Crippen LogP contribution in [-0.4, -0.2) is 79.3 Å². The summed E-state index contributed by atoms with van der Waals surface area (Å²) in [7, 11) is 0. The molecule has 0 rings (SSSR count). The zero-order chi connectivity index (χ0) is 14.7. The standard InChI is InChI=1S/C6H14O6.C4H6O2/c7-1-3(9)5(11)6(12)4(10)2-8;1-2-3-4(5)6/h3-12H,1-2H2;2-3H,1H3,(H,5,6)/b;3-2+. The van der Waals surface area contributed by atoms with Crippen LogP contribution in [0.5, 0.6) is 0 Å². The minimum absolute atomic E-state index is 0.726. The lowest BCUT2D eigenvalue weighted by Gasteiger charge is -2.24. The van der Waals surface area contributed by atoms with Crippen LogP contribution in [0.4, 0.5) is 0 Å². The van der Waals surface area contributed by atoms with Crippen LogP contribution in [0.15, 0.2) is 12.2 Å². The van der Waals surface area contributed by atoms with Crippen molar-refractivity contribution in [3.05, 3.63) is 12.2 Å². The molecule has 0 aliphatic carbocycles. The minimum Gasteiger partial charge on any atom is -0.478 e. The third-order valence-corrected chi connectivity index (χ3v) is 1.82. The summed E-state index contributed by atoms with van der Waals surface area (Å²) in [5.41, 5.74) is 0. The van der Waals surface area contributed by atoms with Gasteiger partial charge in [0.1, 0.15) is 24.4 Å². The summed E-state index contributed by atoms with van der Waals surface area (Å²) < 4.78 is 0. The summed E-state index contributed by atoms with van der Waals surface area (Å²) >= 11 is 0. The number of aliphatic carboxylic acids is 1. The van der Waals surface area contributed by atoms with Crippen molar-refractivity contribution in [2.75, 3.05) is 13.2 Å². The van der Waals surface area contributed by atoms with Gasteiger partial charge in [0.2, 0.25) is 0 Å². The Kier molecular flexibility index (Phi) is 11.9. The van der Waals surface area contributed by atoms with Crippen molar-refractivity contribution < 1.29 is 40.5 Å². The molecule has 0 spiro atoms. The Balaban J connectivity index is 0. The van der Waals surface area contributed by atoms with Crippen LogP contribution in [-0.2, 0) is 4.79 Å². The lowest BCUT2D eigenvalue weighted by Crippen LogP contribution is -2.46. The first-order valence-electron chi connectivity index (χ1n) is 5.11. The molecule has 8 heteroatoms. The molecule has 0 radical (unpaired) electrons. The highest BCUT2D eigenvalue weighted by Gasteiger charge is 2.29. The van der Waals surface area contributed by atoms with E-state index in [1.807, 2.05) is 0 Å². The highest BCUT2D eigenvalue weighted by atomic mass is 16.4. The van der Waals surface area contributed by atoms with Gasteiger partial charge in [0, 0.05) is 6.08 Å². The fourth-order valence-electron chi connectivity index (χ4n) is 0.814.